The molecule has 0 unspecified atom stereocenters. The molecule has 0 fully saturated rings. The Hall–Kier alpha value is -3.31. The molecule has 0 bridgehead atoms. The van der Waals surface area contributed by atoms with E-state index in [0.717, 1.165) is 4.47 Å². The summed E-state index contributed by atoms with van der Waals surface area (Å²) in [5.41, 5.74) is 2.20. The van der Waals surface area contributed by atoms with Gasteiger partial charge in [0.05, 0.1) is 22.0 Å². The topological polar surface area (TPSA) is 113 Å². The number of carbonyl (C=O) groups is 1. The summed E-state index contributed by atoms with van der Waals surface area (Å²) in [4.78, 5) is 27.8. The molecule has 1 atom stereocenters. The Morgan fingerprint density at radius 3 is 2.80 bits per heavy atom. The van der Waals surface area contributed by atoms with Gasteiger partial charge in [0.25, 0.3) is 11.6 Å². The lowest BCUT2D eigenvalue weighted by atomic mass is 10.1. The fourth-order valence-electron chi connectivity index (χ4n) is 2.75. The number of halogens is 1. The molecule has 0 radical (unpaired) electrons. The van der Waals surface area contributed by atoms with Crippen LogP contribution in [0.25, 0.3) is 11.3 Å². The number of carbonyl (C=O) groups excluding carboxylic acids is 1. The molecule has 11 heteroatoms. The van der Waals surface area contributed by atoms with E-state index in [2.05, 4.69) is 36.2 Å². The fraction of sp³-hybridized carbons (Fsp3) is 0.105. The number of thiazole rings is 1. The van der Waals surface area contributed by atoms with Crippen molar-refractivity contribution in [2.75, 3.05) is 5.01 Å². The number of azo groups is 1. The van der Waals surface area contributed by atoms with E-state index in [1.165, 1.54) is 28.5 Å². The number of aromatic nitrogens is 1. The lowest BCUT2D eigenvalue weighted by Crippen LogP contribution is -2.29. The predicted molar refractivity (Wildman–Crippen MR) is 117 cm³/mol. The first kappa shape index (κ1) is 20.0. The molecule has 30 heavy (non-hydrogen) atoms. The summed E-state index contributed by atoms with van der Waals surface area (Å²) in [6.45, 7) is 1.71. The average molecular weight is 485 g/mol. The van der Waals surface area contributed by atoms with Crippen LogP contribution in [0.3, 0.4) is 0 Å². The third-order valence-electron chi connectivity index (χ3n) is 4.26. The van der Waals surface area contributed by atoms with E-state index in [9.17, 15) is 14.9 Å². The predicted octanol–water partition coefficient (Wildman–Crippen LogP) is 5.36. The van der Waals surface area contributed by atoms with Crippen LogP contribution in [0.1, 0.15) is 6.92 Å². The van der Waals surface area contributed by atoms with Crippen LogP contribution in [0.5, 0.6) is 0 Å². The van der Waals surface area contributed by atoms with Crippen LogP contribution in [-0.2, 0) is 4.79 Å². The number of hydrogen-bond acceptors (Lipinski definition) is 8. The minimum atomic E-state index is -0.831. The van der Waals surface area contributed by atoms with Gasteiger partial charge in [-0.25, -0.2) is 4.98 Å². The lowest BCUT2D eigenvalue weighted by Gasteiger charge is -2.08. The lowest BCUT2D eigenvalue weighted by molar-refractivity contribution is -0.384. The minimum absolute atomic E-state index is 0.0271. The first-order chi connectivity index (χ1) is 14.4. The minimum Gasteiger partial charge on any atom is -0.269 e. The Morgan fingerprint density at radius 1 is 1.23 bits per heavy atom. The van der Waals surface area contributed by atoms with Gasteiger partial charge in [-0.05, 0) is 35.0 Å². The molecule has 2 heterocycles. The maximum absolute atomic E-state index is 12.8. The number of amides is 1. The van der Waals surface area contributed by atoms with E-state index in [-0.39, 0.29) is 11.6 Å². The molecule has 150 valence electrons. The van der Waals surface area contributed by atoms with Gasteiger partial charge in [0.2, 0.25) is 5.13 Å². The first-order valence-electron chi connectivity index (χ1n) is 8.69. The van der Waals surface area contributed by atoms with Gasteiger partial charge in [-0.3, -0.25) is 14.9 Å². The van der Waals surface area contributed by atoms with Crippen LogP contribution in [0.4, 0.5) is 16.5 Å². The Bertz CT molecular complexity index is 1210. The second kappa shape index (κ2) is 8.20. The molecule has 1 aromatic heterocycles. The zero-order valence-corrected chi connectivity index (χ0v) is 17.9. The summed E-state index contributed by atoms with van der Waals surface area (Å²) in [6, 6.07) is 12.6. The van der Waals surface area contributed by atoms with Gasteiger partial charge in [-0.15, -0.1) is 11.3 Å². The van der Waals surface area contributed by atoms with Gasteiger partial charge in [-0.2, -0.15) is 20.3 Å². The van der Waals surface area contributed by atoms with Crippen LogP contribution in [0.2, 0.25) is 0 Å². The normalized spacial score (nSPS) is 16.3. The zero-order valence-electron chi connectivity index (χ0n) is 15.5. The number of hydrazone groups is 1. The van der Waals surface area contributed by atoms with E-state index >= 15 is 0 Å². The van der Waals surface area contributed by atoms with Crippen molar-refractivity contribution in [3.05, 3.63) is 68.5 Å². The fourth-order valence-corrected chi connectivity index (χ4v) is 3.90. The molecular weight excluding hydrogens is 472 g/mol. The number of benzene rings is 2. The maximum atomic E-state index is 12.8. The molecule has 0 spiro atoms. The quantitative estimate of drug-likeness (QED) is 0.275. The summed E-state index contributed by atoms with van der Waals surface area (Å²) < 4.78 is 0.771. The highest BCUT2D eigenvalue weighted by molar-refractivity contribution is 9.10. The summed E-state index contributed by atoms with van der Waals surface area (Å²) in [5.74, 6) is -0.358. The van der Waals surface area contributed by atoms with Gasteiger partial charge < -0.3 is 0 Å². The number of non-ortho nitro benzene ring substituents is 1. The number of anilines is 1. The molecule has 4 rings (SSSR count). The molecule has 1 aliphatic heterocycles. The van der Waals surface area contributed by atoms with Gasteiger partial charge in [0, 0.05) is 27.5 Å². The van der Waals surface area contributed by atoms with Gasteiger partial charge in [-0.1, -0.05) is 24.3 Å². The molecule has 0 N–H and O–H groups in total. The molecule has 0 aliphatic carbocycles. The second-order valence-corrected chi connectivity index (χ2v) is 7.97. The molecule has 9 nitrogen and oxygen atoms in total. The standard InChI is InChI=1S/C19H13BrN6O3S/c1-11-17(23-22-15-8-3-2-7-14(15)20)18(27)25(24-11)19-21-16(10-30-19)12-5-4-6-13(9-12)26(28)29/h2-10,17H,1H3/t17-/m1/s1. The molecule has 3 aromatic rings. The van der Waals surface area contributed by atoms with Crippen LogP contribution in [0.15, 0.2) is 73.7 Å². The van der Waals surface area contributed by atoms with Crippen LogP contribution in [0, 0.1) is 10.1 Å². The van der Waals surface area contributed by atoms with E-state index < -0.39 is 11.0 Å². The summed E-state index contributed by atoms with van der Waals surface area (Å²) in [7, 11) is 0. The molecule has 2 aromatic carbocycles. The molecule has 0 saturated heterocycles. The average Bonchev–Trinajstić information content (AvgIpc) is 3.33. The van der Waals surface area contributed by atoms with Gasteiger partial charge in [0.15, 0.2) is 6.04 Å². The highest BCUT2D eigenvalue weighted by atomic mass is 79.9. The number of nitro groups is 1. The summed E-state index contributed by atoms with van der Waals surface area (Å²) >= 11 is 4.61. The summed E-state index contributed by atoms with van der Waals surface area (Å²) in [5, 5.41) is 26.9. The van der Waals surface area contributed by atoms with Crippen LogP contribution in [-0.4, -0.2) is 27.6 Å². The first-order valence-corrected chi connectivity index (χ1v) is 10.4. The van der Waals surface area contributed by atoms with E-state index in [0.29, 0.717) is 27.8 Å². The Balaban J connectivity index is 1.56. The van der Waals surface area contributed by atoms with Crippen molar-refractivity contribution in [2.24, 2.45) is 15.3 Å². The van der Waals surface area contributed by atoms with Crippen molar-refractivity contribution in [1.82, 2.24) is 4.98 Å². The smallest absolute Gasteiger partial charge is 0.269 e. The van der Waals surface area contributed by atoms with Crippen molar-refractivity contribution in [2.45, 2.75) is 13.0 Å². The van der Waals surface area contributed by atoms with Crippen molar-refractivity contribution >= 4 is 55.4 Å². The zero-order chi connectivity index (χ0) is 21.3. The SMILES string of the molecule is CC1=NN(c2nc(-c3cccc([N+](=O)[O-])c3)cs2)C(=O)[C@@H]1N=Nc1ccccc1Br. The van der Waals surface area contributed by atoms with Gasteiger partial charge in [0.1, 0.15) is 0 Å². The third kappa shape index (κ3) is 3.89. The van der Waals surface area contributed by atoms with Crippen molar-refractivity contribution in [3.8, 4) is 11.3 Å². The number of hydrogen-bond donors (Lipinski definition) is 0. The molecule has 0 saturated carbocycles. The van der Waals surface area contributed by atoms with E-state index in [1.54, 1.807) is 30.5 Å². The maximum Gasteiger partial charge on any atom is 0.282 e. The third-order valence-corrected chi connectivity index (χ3v) is 5.74. The summed E-state index contributed by atoms with van der Waals surface area (Å²) in [6.07, 6.45) is 0. The molecule has 1 aliphatic rings. The van der Waals surface area contributed by atoms with E-state index in [1.807, 2.05) is 18.2 Å². The van der Waals surface area contributed by atoms with Crippen LogP contribution >= 0.6 is 27.3 Å². The number of rotatable bonds is 5. The van der Waals surface area contributed by atoms with Crippen LogP contribution < -0.4 is 5.01 Å². The molecular formula is C19H13BrN6O3S. The largest absolute Gasteiger partial charge is 0.282 e. The second-order valence-electron chi connectivity index (χ2n) is 6.28. The van der Waals surface area contributed by atoms with E-state index in [4.69, 9.17) is 0 Å². The highest BCUT2D eigenvalue weighted by Gasteiger charge is 2.36. The monoisotopic (exact) mass is 484 g/mol. The number of nitro benzene ring substituents is 1. The number of nitrogens with zero attached hydrogens (tertiary/aromatic N) is 6. The Labute approximate surface area is 183 Å². The van der Waals surface area contributed by atoms with Crippen molar-refractivity contribution in [3.63, 3.8) is 0 Å². The van der Waals surface area contributed by atoms with Crippen molar-refractivity contribution in [1.29, 1.82) is 0 Å². The van der Waals surface area contributed by atoms with Crippen molar-refractivity contribution < 1.29 is 9.72 Å². The highest BCUT2D eigenvalue weighted by Crippen LogP contribution is 2.32. The Morgan fingerprint density at radius 2 is 2.03 bits per heavy atom. The molecule has 1 amide bonds. The van der Waals surface area contributed by atoms with Gasteiger partial charge >= 0.3 is 0 Å². The Kier molecular flexibility index (Phi) is 5.46.